The highest BCUT2D eigenvalue weighted by Gasteiger charge is 2.26. The van der Waals surface area contributed by atoms with E-state index in [1.807, 2.05) is 0 Å². The van der Waals surface area contributed by atoms with Gasteiger partial charge in [-0.2, -0.15) is 0 Å². The number of hydrogen-bond donors (Lipinski definition) is 0. The van der Waals surface area contributed by atoms with E-state index in [1.165, 1.54) is 65.4 Å². The number of nitrogens with zero attached hydrogens (tertiary/aromatic N) is 5. The zero-order valence-electron chi connectivity index (χ0n) is 25.7. The van der Waals surface area contributed by atoms with E-state index in [0.717, 1.165) is 33.7 Å². The van der Waals surface area contributed by atoms with Crippen LogP contribution in [0.2, 0.25) is 0 Å². The van der Waals surface area contributed by atoms with Crippen LogP contribution in [0.5, 0.6) is 0 Å². The minimum atomic E-state index is 0.939. The quantitative estimate of drug-likeness (QED) is 0.191. The number of hydrogen-bond acceptors (Lipinski definition) is 1. The maximum absolute atomic E-state index is 5.25. The van der Waals surface area contributed by atoms with Gasteiger partial charge in [-0.15, -0.1) is 0 Å². The van der Waals surface area contributed by atoms with Gasteiger partial charge in [0.15, 0.2) is 0 Å². The van der Waals surface area contributed by atoms with Crippen LogP contribution in [0, 0.1) is 0 Å². The molecule has 12 aromatic rings. The Hall–Kier alpha value is -6.59. The standard InChI is InChI=1S/C43H25N5/c1-2-12-26(13-3-1)45-34-19-7-4-14-27(34)31-24-25-32-28-15-5-8-20-35(28)46(42(32)41(31)45)37-22-10-16-29-30-17-11-23-38-40(30)48(39(29)37)43-44-33-18-6-9-21-36(33)47(38)43/h1-25H. The summed E-state index contributed by atoms with van der Waals surface area (Å²) in [6.07, 6.45) is 0. The Kier molecular flexibility index (Phi) is 4.41. The lowest BCUT2D eigenvalue weighted by atomic mass is 10.1. The summed E-state index contributed by atoms with van der Waals surface area (Å²) in [7, 11) is 0. The fourth-order valence-corrected chi connectivity index (χ4v) is 8.64. The fourth-order valence-electron chi connectivity index (χ4n) is 8.64. The van der Waals surface area contributed by atoms with E-state index in [0.29, 0.717) is 0 Å². The van der Waals surface area contributed by atoms with Crippen LogP contribution in [0.4, 0.5) is 0 Å². The first-order valence-electron chi connectivity index (χ1n) is 16.4. The zero-order valence-corrected chi connectivity index (χ0v) is 25.7. The van der Waals surface area contributed by atoms with E-state index in [2.05, 4.69) is 170 Å². The summed E-state index contributed by atoms with van der Waals surface area (Å²) in [4.78, 5) is 5.25. The summed E-state index contributed by atoms with van der Waals surface area (Å²) in [6.45, 7) is 0. The van der Waals surface area contributed by atoms with Gasteiger partial charge in [0, 0.05) is 38.0 Å². The van der Waals surface area contributed by atoms with Gasteiger partial charge < -0.3 is 9.13 Å². The lowest BCUT2D eigenvalue weighted by Crippen LogP contribution is -2.00. The first-order valence-corrected chi connectivity index (χ1v) is 16.4. The van der Waals surface area contributed by atoms with Crippen molar-refractivity contribution in [2.75, 3.05) is 0 Å². The second-order valence-electron chi connectivity index (χ2n) is 12.8. The van der Waals surface area contributed by atoms with E-state index in [-0.39, 0.29) is 0 Å². The van der Waals surface area contributed by atoms with E-state index < -0.39 is 0 Å². The molecular weight excluding hydrogens is 587 g/mol. The van der Waals surface area contributed by atoms with Crippen molar-refractivity contribution in [2.24, 2.45) is 0 Å². The SMILES string of the molecule is c1ccc(-n2c3ccccc3c3ccc4c5ccccc5n(-c5cccc6c7cccc8c7n(c56)c5nc6ccccc6n85)c4c32)cc1. The molecule has 5 heterocycles. The first kappa shape index (κ1) is 24.6. The molecule has 0 spiro atoms. The Morgan fingerprint density at radius 1 is 0.333 bits per heavy atom. The molecule has 0 aliphatic carbocycles. The molecule has 0 atom stereocenters. The van der Waals surface area contributed by atoms with Gasteiger partial charge in [-0.25, -0.2) is 4.98 Å². The highest BCUT2D eigenvalue weighted by Crippen LogP contribution is 2.44. The molecule has 0 fully saturated rings. The normalized spacial score (nSPS) is 12.6. The smallest absolute Gasteiger partial charge is 0.220 e. The van der Waals surface area contributed by atoms with Crippen LogP contribution in [0.1, 0.15) is 0 Å². The summed E-state index contributed by atoms with van der Waals surface area (Å²) in [6, 6.07) is 54.9. The third-order valence-corrected chi connectivity index (χ3v) is 10.5. The van der Waals surface area contributed by atoms with Gasteiger partial charge in [0.2, 0.25) is 5.78 Å². The van der Waals surface area contributed by atoms with Gasteiger partial charge in [0.05, 0.1) is 55.3 Å². The minimum absolute atomic E-state index is 0.939. The molecular formula is C43H25N5. The Bertz CT molecular complexity index is 3280. The zero-order chi connectivity index (χ0) is 31.1. The summed E-state index contributed by atoms with van der Waals surface area (Å²) in [5.74, 6) is 0.939. The van der Waals surface area contributed by atoms with Gasteiger partial charge in [-0.3, -0.25) is 8.80 Å². The van der Waals surface area contributed by atoms with Crippen molar-refractivity contribution in [1.82, 2.24) is 22.9 Å². The number of fused-ring (bicyclic) bond motifs is 15. The van der Waals surface area contributed by atoms with E-state index in [1.54, 1.807) is 0 Å². The third-order valence-electron chi connectivity index (χ3n) is 10.5. The second kappa shape index (κ2) is 8.60. The molecule has 0 saturated carbocycles. The summed E-state index contributed by atoms with van der Waals surface area (Å²) in [5, 5.41) is 7.43. The molecule has 0 amide bonds. The largest absolute Gasteiger partial charge is 0.307 e. The van der Waals surface area contributed by atoms with Crippen LogP contribution in [0.15, 0.2) is 152 Å². The topological polar surface area (TPSA) is 31.6 Å². The molecule has 0 bridgehead atoms. The van der Waals surface area contributed by atoms with Crippen molar-refractivity contribution in [3.63, 3.8) is 0 Å². The molecule has 0 saturated heterocycles. The van der Waals surface area contributed by atoms with Crippen molar-refractivity contribution in [3.05, 3.63) is 152 Å². The maximum atomic E-state index is 5.25. The molecule has 222 valence electrons. The molecule has 0 aliphatic heterocycles. The molecule has 0 radical (unpaired) electrons. The van der Waals surface area contributed by atoms with E-state index in [9.17, 15) is 0 Å². The molecule has 7 aromatic carbocycles. The molecule has 0 unspecified atom stereocenters. The van der Waals surface area contributed by atoms with Crippen molar-refractivity contribution in [2.45, 2.75) is 0 Å². The Labute approximate surface area is 273 Å². The molecule has 5 nitrogen and oxygen atoms in total. The van der Waals surface area contributed by atoms with Gasteiger partial charge in [0.25, 0.3) is 0 Å². The maximum Gasteiger partial charge on any atom is 0.220 e. The highest BCUT2D eigenvalue weighted by atomic mass is 15.2. The van der Waals surface area contributed by atoms with Crippen molar-refractivity contribution >= 4 is 87.7 Å². The molecule has 0 N–H and O–H groups in total. The van der Waals surface area contributed by atoms with Crippen LogP contribution in [0.3, 0.4) is 0 Å². The molecule has 5 heteroatoms. The number of benzene rings is 7. The summed E-state index contributed by atoms with van der Waals surface area (Å²) in [5.41, 5.74) is 12.7. The monoisotopic (exact) mass is 611 g/mol. The Morgan fingerprint density at radius 3 is 1.65 bits per heavy atom. The van der Waals surface area contributed by atoms with Crippen molar-refractivity contribution < 1.29 is 0 Å². The van der Waals surface area contributed by atoms with Crippen LogP contribution in [-0.2, 0) is 0 Å². The lowest BCUT2D eigenvalue weighted by molar-refractivity contribution is 1.14. The number of rotatable bonds is 2. The van der Waals surface area contributed by atoms with E-state index in [4.69, 9.17) is 4.98 Å². The van der Waals surface area contributed by atoms with Gasteiger partial charge in [-0.1, -0.05) is 103 Å². The van der Waals surface area contributed by atoms with Crippen LogP contribution in [0.25, 0.3) is 99.1 Å². The Morgan fingerprint density at radius 2 is 0.875 bits per heavy atom. The average molecular weight is 612 g/mol. The fraction of sp³-hybridized carbons (Fsp3) is 0. The predicted molar refractivity (Wildman–Crippen MR) is 199 cm³/mol. The second-order valence-corrected chi connectivity index (χ2v) is 12.8. The highest BCUT2D eigenvalue weighted by molar-refractivity contribution is 6.25. The van der Waals surface area contributed by atoms with Crippen molar-refractivity contribution in [3.8, 4) is 11.4 Å². The molecule has 48 heavy (non-hydrogen) atoms. The summed E-state index contributed by atoms with van der Waals surface area (Å²) < 4.78 is 9.70. The lowest BCUT2D eigenvalue weighted by Gasteiger charge is -2.13. The first-order chi connectivity index (χ1) is 23.9. The average Bonchev–Trinajstić information content (AvgIpc) is 3.93. The van der Waals surface area contributed by atoms with Gasteiger partial charge >= 0.3 is 0 Å². The van der Waals surface area contributed by atoms with E-state index >= 15 is 0 Å². The minimum Gasteiger partial charge on any atom is -0.307 e. The number of para-hydroxylation sites is 7. The van der Waals surface area contributed by atoms with Crippen LogP contribution in [-0.4, -0.2) is 22.9 Å². The molecule has 5 aromatic heterocycles. The molecule has 12 rings (SSSR count). The Balaban J connectivity index is 1.36. The molecule has 0 aliphatic rings. The van der Waals surface area contributed by atoms with Crippen molar-refractivity contribution in [1.29, 1.82) is 0 Å². The van der Waals surface area contributed by atoms with Crippen LogP contribution < -0.4 is 0 Å². The van der Waals surface area contributed by atoms with Gasteiger partial charge in [0.1, 0.15) is 0 Å². The third kappa shape index (κ3) is 2.83. The van der Waals surface area contributed by atoms with Crippen LogP contribution >= 0.6 is 0 Å². The van der Waals surface area contributed by atoms with Gasteiger partial charge in [-0.05, 0) is 48.5 Å². The number of aromatic nitrogens is 5. The number of imidazole rings is 2. The predicted octanol–water partition coefficient (Wildman–Crippen LogP) is 10.7. The summed E-state index contributed by atoms with van der Waals surface area (Å²) >= 11 is 0.